The third-order valence-corrected chi connectivity index (χ3v) is 4.73. The van der Waals surface area contributed by atoms with Crippen molar-refractivity contribution in [1.29, 1.82) is 0 Å². The van der Waals surface area contributed by atoms with E-state index in [0.717, 1.165) is 18.7 Å². The number of hydrogen-bond donors (Lipinski definition) is 0. The van der Waals surface area contributed by atoms with Crippen LogP contribution in [-0.2, 0) is 12.8 Å². The molecule has 0 spiro atoms. The van der Waals surface area contributed by atoms with E-state index in [1.807, 2.05) is 0 Å². The van der Waals surface area contributed by atoms with E-state index < -0.39 is 0 Å². The molecule has 0 amide bonds. The predicted molar refractivity (Wildman–Crippen MR) is 79.9 cm³/mol. The molecule has 3 nitrogen and oxygen atoms in total. The lowest BCUT2D eigenvalue weighted by molar-refractivity contribution is 0.528. The first-order chi connectivity index (χ1) is 9.84. The summed E-state index contributed by atoms with van der Waals surface area (Å²) in [6.45, 7) is 3.17. The average Bonchev–Trinajstić information content (AvgIpc) is 2.92. The molecule has 20 heavy (non-hydrogen) atoms. The molecule has 1 aliphatic carbocycles. The van der Waals surface area contributed by atoms with Crippen LogP contribution in [0.5, 0.6) is 0 Å². The van der Waals surface area contributed by atoms with Crippen LogP contribution in [0.25, 0.3) is 0 Å². The van der Waals surface area contributed by atoms with Gasteiger partial charge in [-0.25, -0.2) is 9.97 Å². The van der Waals surface area contributed by atoms with Crippen LogP contribution in [0, 0.1) is 6.92 Å². The molecule has 1 aromatic heterocycles. The Bertz CT molecular complexity index is 650. The highest BCUT2D eigenvalue weighted by molar-refractivity contribution is 5.56. The number of nitrogens with zero attached hydrogens (tertiary/aromatic N) is 3. The van der Waals surface area contributed by atoms with Gasteiger partial charge in [0.15, 0.2) is 0 Å². The zero-order valence-corrected chi connectivity index (χ0v) is 11.8. The molecule has 4 rings (SSSR count). The summed E-state index contributed by atoms with van der Waals surface area (Å²) < 4.78 is 0. The zero-order chi connectivity index (χ0) is 13.5. The molecule has 1 unspecified atom stereocenters. The fraction of sp³-hybridized carbons (Fsp3) is 0.412. The second-order valence-corrected chi connectivity index (χ2v) is 5.81. The number of anilines is 1. The Kier molecular flexibility index (Phi) is 2.72. The van der Waals surface area contributed by atoms with Crippen LogP contribution in [0.2, 0.25) is 0 Å². The number of rotatable bonds is 1. The van der Waals surface area contributed by atoms with Gasteiger partial charge in [0.25, 0.3) is 0 Å². The van der Waals surface area contributed by atoms with Gasteiger partial charge in [-0.3, -0.25) is 0 Å². The summed E-state index contributed by atoms with van der Waals surface area (Å²) in [5.74, 6) is 1.17. The molecule has 0 fully saturated rings. The number of hydrogen-bond acceptors (Lipinski definition) is 3. The summed E-state index contributed by atoms with van der Waals surface area (Å²) in [5, 5.41) is 0. The van der Waals surface area contributed by atoms with Crippen LogP contribution in [-0.4, -0.2) is 16.5 Å². The lowest BCUT2D eigenvalue weighted by atomic mass is 9.87. The Hall–Kier alpha value is -1.90. The largest absolute Gasteiger partial charge is 0.349 e. The van der Waals surface area contributed by atoms with E-state index in [1.165, 1.54) is 41.8 Å². The fourth-order valence-corrected chi connectivity index (χ4v) is 3.72. The summed E-state index contributed by atoms with van der Waals surface area (Å²) in [7, 11) is 0. The first-order valence-electron chi connectivity index (χ1n) is 7.49. The van der Waals surface area contributed by atoms with Crippen molar-refractivity contribution in [2.45, 2.75) is 38.6 Å². The van der Waals surface area contributed by atoms with Crippen molar-refractivity contribution in [3.63, 3.8) is 0 Å². The van der Waals surface area contributed by atoms with E-state index in [0.29, 0.717) is 6.04 Å². The van der Waals surface area contributed by atoms with Crippen LogP contribution in [0.1, 0.15) is 41.3 Å². The lowest BCUT2D eigenvalue weighted by Gasteiger charge is -2.34. The molecule has 0 saturated carbocycles. The maximum Gasteiger partial charge on any atom is 0.136 e. The van der Waals surface area contributed by atoms with Crippen molar-refractivity contribution in [1.82, 2.24) is 9.97 Å². The van der Waals surface area contributed by atoms with E-state index in [2.05, 4.69) is 46.1 Å². The van der Waals surface area contributed by atoms with Gasteiger partial charge in [0.05, 0.1) is 6.04 Å². The Balaban J connectivity index is 1.77. The molecule has 3 heteroatoms. The van der Waals surface area contributed by atoms with E-state index in [-0.39, 0.29) is 0 Å². The maximum atomic E-state index is 4.56. The highest BCUT2D eigenvalue weighted by Gasteiger charge is 2.32. The average molecular weight is 265 g/mol. The molecule has 0 radical (unpaired) electrons. The minimum Gasteiger partial charge on any atom is -0.349 e. The van der Waals surface area contributed by atoms with E-state index in [1.54, 1.807) is 6.33 Å². The highest BCUT2D eigenvalue weighted by Crippen LogP contribution is 2.40. The van der Waals surface area contributed by atoms with Crippen LogP contribution >= 0.6 is 0 Å². The van der Waals surface area contributed by atoms with Gasteiger partial charge in [0, 0.05) is 17.8 Å². The van der Waals surface area contributed by atoms with Gasteiger partial charge in [-0.1, -0.05) is 24.3 Å². The number of aromatic nitrogens is 2. The number of aryl methyl sites for hydroxylation is 2. The second-order valence-electron chi connectivity index (χ2n) is 5.81. The van der Waals surface area contributed by atoms with Gasteiger partial charge < -0.3 is 4.90 Å². The molecule has 102 valence electrons. The van der Waals surface area contributed by atoms with Gasteiger partial charge in [-0.05, 0) is 43.7 Å². The predicted octanol–water partition coefficient (Wildman–Crippen LogP) is 3.23. The molecule has 1 aromatic carbocycles. The van der Waals surface area contributed by atoms with Crippen LogP contribution in [0.15, 0.2) is 30.6 Å². The van der Waals surface area contributed by atoms with Gasteiger partial charge in [0.1, 0.15) is 12.1 Å². The van der Waals surface area contributed by atoms with Crippen LogP contribution in [0.3, 0.4) is 0 Å². The molecule has 1 aliphatic heterocycles. The van der Waals surface area contributed by atoms with Gasteiger partial charge in [0.2, 0.25) is 0 Å². The first-order valence-corrected chi connectivity index (χ1v) is 7.49. The molecule has 1 atom stereocenters. The minimum absolute atomic E-state index is 0.496. The summed E-state index contributed by atoms with van der Waals surface area (Å²) in [5.41, 5.74) is 5.50. The topological polar surface area (TPSA) is 29.0 Å². The zero-order valence-electron chi connectivity index (χ0n) is 11.8. The normalized spacial score (nSPS) is 20.6. The molecular weight excluding hydrogens is 246 g/mol. The molecule has 2 aromatic rings. The molecule has 0 bridgehead atoms. The quantitative estimate of drug-likeness (QED) is 0.792. The van der Waals surface area contributed by atoms with Crippen molar-refractivity contribution in [2.24, 2.45) is 0 Å². The molecular formula is C17H19N3. The Morgan fingerprint density at radius 2 is 2.05 bits per heavy atom. The van der Waals surface area contributed by atoms with Crippen molar-refractivity contribution >= 4 is 5.82 Å². The summed E-state index contributed by atoms with van der Waals surface area (Å²) in [4.78, 5) is 11.4. The van der Waals surface area contributed by atoms with Gasteiger partial charge >= 0.3 is 0 Å². The van der Waals surface area contributed by atoms with E-state index in [9.17, 15) is 0 Å². The Morgan fingerprint density at radius 3 is 3.00 bits per heavy atom. The summed E-state index contributed by atoms with van der Waals surface area (Å²) >= 11 is 0. The van der Waals surface area contributed by atoms with Crippen LogP contribution in [0.4, 0.5) is 5.82 Å². The Morgan fingerprint density at radius 1 is 1.15 bits per heavy atom. The van der Waals surface area contributed by atoms with Gasteiger partial charge in [-0.15, -0.1) is 0 Å². The molecule has 2 heterocycles. The van der Waals surface area contributed by atoms with Crippen LogP contribution < -0.4 is 4.90 Å². The van der Waals surface area contributed by atoms with Gasteiger partial charge in [-0.2, -0.15) is 0 Å². The minimum atomic E-state index is 0.496. The SMILES string of the molecule is Cc1ncnc2c1CCN2C1CCCc2ccccc21. The molecule has 0 N–H and O–H groups in total. The summed E-state index contributed by atoms with van der Waals surface area (Å²) in [6.07, 6.45) is 6.52. The van der Waals surface area contributed by atoms with E-state index in [4.69, 9.17) is 0 Å². The Labute approximate surface area is 119 Å². The second kappa shape index (κ2) is 4.58. The maximum absolute atomic E-state index is 4.56. The lowest BCUT2D eigenvalue weighted by Crippen LogP contribution is -2.30. The molecule has 0 saturated heterocycles. The van der Waals surface area contributed by atoms with Crippen molar-refractivity contribution in [2.75, 3.05) is 11.4 Å². The highest BCUT2D eigenvalue weighted by atomic mass is 15.2. The molecule has 2 aliphatic rings. The monoisotopic (exact) mass is 265 g/mol. The third kappa shape index (κ3) is 1.73. The number of benzene rings is 1. The van der Waals surface area contributed by atoms with E-state index >= 15 is 0 Å². The smallest absolute Gasteiger partial charge is 0.136 e. The fourth-order valence-electron chi connectivity index (χ4n) is 3.72. The van der Waals surface area contributed by atoms with Crippen molar-refractivity contribution < 1.29 is 0 Å². The standard InChI is InChI=1S/C17H19N3/c1-12-14-9-10-20(17(14)19-11-18-12)16-8-4-6-13-5-2-3-7-15(13)16/h2-3,5,7,11,16H,4,6,8-10H2,1H3. The summed E-state index contributed by atoms with van der Waals surface area (Å²) in [6, 6.07) is 9.40. The van der Waals surface area contributed by atoms with Crippen molar-refractivity contribution in [3.05, 3.63) is 53.0 Å². The third-order valence-electron chi connectivity index (χ3n) is 4.73. The number of fused-ring (bicyclic) bond motifs is 2. The first kappa shape index (κ1) is 11.9. The van der Waals surface area contributed by atoms with Crippen molar-refractivity contribution in [3.8, 4) is 0 Å².